The number of hydrogen-bond acceptors (Lipinski definition) is 3. The van der Waals surface area contributed by atoms with Crippen LogP contribution in [0.5, 0.6) is 0 Å². The molecule has 0 aliphatic heterocycles. The highest BCUT2D eigenvalue weighted by atomic mass is 16.1. The quantitative estimate of drug-likeness (QED) is 0.194. The molecule has 0 heterocycles. The second-order valence-electron chi connectivity index (χ2n) is 9.48. The summed E-state index contributed by atoms with van der Waals surface area (Å²) in [6.45, 7) is 18.1. The van der Waals surface area contributed by atoms with Gasteiger partial charge in [0.2, 0.25) is 0 Å². The molecule has 0 aromatic heterocycles. The number of carbonyl (C=O) groups is 1. The molecule has 0 bridgehead atoms. The zero-order valence-electron chi connectivity index (χ0n) is 23.9. The maximum Gasteiger partial charge on any atom is 0.159 e. The molecule has 2 aromatic carbocycles. The van der Waals surface area contributed by atoms with E-state index in [9.17, 15) is 4.79 Å². The number of unbranched alkanes of at least 4 members (excludes halogenated alkanes) is 1. The van der Waals surface area contributed by atoms with Gasteiger partial charge in [-0.15, -0.1) is 0 Å². The normalized spacial score (nSPS) is 10.2. The third-order valence-electron chi connectivity index (χ3n) is 5.53. The number of rotatable bonds is 11. The number of hydrogen-bond donors (Lipinski definition) is 1. The van der Waals surface area contributed by atoms with E-state index >= 15 is 0 Å². The van der Waals surface area contributed by atoms with E-state index in [1.165, 1.54) is 49.7 Å². The Morgan fingerprint density at radius 1 is 0.889 bits per heavy atom. The first kappa shape index (κ1) is 33.2. The van der Waals surface area contributed by atoms with Crippen LogP contribution in [0.2, 0.25) is 0 Å². The fourth-order valence-electron chi connectivity index (χ4n) is 3.31. The summed E-state index contributed by atoms with van der Waals surface area (Å²) >= 11 is 0. The Labute approximate surface area is 221 Å². The Morgan fingerprint density at radius 3 is 1.86 bits per heavy atom. The Hall–Kier alpha value is -2.78. The minimum atomic E-state index is 0.141. The number of nitrogens with two attached hydrogens (primary N) is 1. The van der Waals surface area contributed by atoms with E-state index in [2.05, 4.69) is 63.5 Å². The fourth-order valence-corrected chi connectivity index (χ4v) is 3.31. The fraction of sp³-hybridized carbons (Fsp3) is 0.455. The molecule has 3 heteroatoms. The number of allylic oxidation sites excluding steroid dienone is 2. The summed E-state index contributed by atoms with van der Waals surface area (Å²) in [6.07, 6.45) is 12.1. The number of ketones is 1. The van der Waals surface area contributed by atoms with Crippen molar-refractivity contribution in [3.63, 3.8) is 0 Å². The van der Waals surface area contributed by atoms with E-state index in [4.69, 9.17) is 5.73 Å². The van der Waals surface area contributed by atoms with Crippen molar-refractivity contribution in [2.75, 3.05) is 0 Å². The number of nitrogens with zero attached hydrogens (tertiary/aromatic N) is 1. The molecule has 0 aliphatic carbocycles. The van der Waals surface area contributed by atoms with E-state index in [1.54, 1.807) is 13.1 Å². The first-order chi connectivity index (χ1) is 17.1. The summed E-state index contributed by atoms with van der Waals surface area (Å²) in [4.78, 5) is 15.2. The summed E-state index contributed by atoms with van der Waals surface area (Å²) in [7, 11) is 0. The molecule has 2 rings (SSSR count). The van der Waals surface area contributed by atoms with E-state index < -0.39 is 0 Å². The summed E-state index contributed by atoms with van der Waals surface area (Å²) < 4.78 is 0. The zero-order valence-corrected chi connectivity index (χ0v) is 23.9. The van der Waals surface area contributed by atoms with Crippen molar-refractivity contribution in [1.82, 2.24) is 0 Å². The molecule has 0 saturated carbocycles. The lowest BCUT2D eigenvalue weighted by atomic mass is 10.1. The molecular weight excluding hydrogens is 440 g/mol. The SMILES string of the molecule is C=C(/C=C\N=C(C)C)c1ccc(C)cc1.CCCC(N)CCC.CCCCc1ccc(C(C)=O)cc1. The van der Waals surface area contributed by atoms with Crippen LogP contribution in [0.4, 0.5) is 0 Å². The maximum absolute atomic E-state index is 11.0. The highest BCUT2D eigenvalue weighted by Crippen LogP contribution is 2.14. The van der Waals surface area contributed by atoms with E-state index in [-0.39, 0.29) is 5.78 Å². The number of carbonyl (C=O) groups excluding carboxylic acids is 1. The van der Waals surface area contributed by atoms with Gasteiger partial charge in [-0.05, 0) is 76.2 Å². The minimum Gasteiger partial charge on any atom is -0.328 e. The Morgan fingerprint density at radius 2 is 1.42 bits per heavy atom. The third-order valence-corrected chi connectivity index (χ3v) is 5.53. The molecule has 0 radical (unpaired) electrons. The van der Waals surface area contributed by atoms with Crippen LogP contribution in [0.3, 0.4) is 0 Å². The van der Waals surface area contributed by atoms with Gasteiger partial charge in [0.05, 0.1) is 0 Å². The summed E-state index contributed by atoms with van der Waals surface area (Å²) in [5.41, 5.74) is 12.3. The van der Waals surface area contributed by atoms with Crippen LogP contribution < -0.4 is 5.73 Å². The number of aryl methyl sites for hydroxylation is 2. The van der Waals surface area contributed by atoms with Gasteiger partial charge in [0.25, 0.3) is 0 Å². The van der Waals surface area contributed by atoms with Gasteiger partial charge < -0.3 is 5.73 Å². The molecule has 198 valence electrons. The van der Waals surface area contributed by atoms with Crippen LogP contribution in [0.15, 0.2) is 72.4 Å². The lowest BCUT2D eigenvalue weighted by Gasteiger charge is -2.05. The van der Waals surface area contributed by atoms with Crippen LogP contribution >= 0.6 is 0 Å². The largest absolute Gasteiger partial charge is 0.328 e. The second kappa shape index (κ2) is 20.4. The van der Waals surface area contributed by atoms with Crippen LogP contribution in [-0.2, 0) is 6.42 Å². The monoisotopic (exact) mass is 490 g/mol. The van der Waals surface area contributed by atoms with E-state index in [0.29, 0.717) is 6.04 Å². The van der Waals surface area contributed by atoms with Gasteiger partial charge in [-0.3, -0.25) is 9.79 Å². The molecule has 0 amide bonds. The molecule has 36 heavy (non-hydrogen) atoms. The molecule has 0 atom stereocenters. The highest BCUT2D eigenvalue weighted by molar-refractivity contribution is 5.94. The molecule has 0 aliphatic rings. The van der Waals surface area contributed by atoms with Crippen molar-refractivity contribution in [3.8, 4) is 0 Å². The van der Waals surface area contributed by atoms with Crippen molar-refractivity contribution in [3.05, 3.63) is 89.6 Å². The average Bonchev–Trinajstić information content (AvgIpc) is 2.84. The van der Waals surface area contributed by atoms with E-state index in [0.717, 1.165) is 28.8 Å². The maximum atomic E-state index is 11.0. The van der Waals surface area contributed by atoms with Crippen LogP contribution in [0.25, 0.3) is 5.57 Å². The first-order valence-electron chi connectivity index (χ1n) is 13.4. The first-order valence-corrected chi connectivity index (χ1v) is 13.4. The Kier molecular flexibility index (Phi) is 18.8. The summed E-state index contributed by atoms with van der Waals surface area (Å²) in [5.74, 6) is 0.141. The van der Waals surface area contributed by atoms with Crippen molar-refractivity contribution in [2.45, 2.75) is 99.5 Å². The summed E-state index contributed by atoms with van der Waals surface area (Å²) in [6, 6.07) is 16.7. The smallest absolute Gasteiger partial charge is 0.159 e. The lowest BCUT2D eigenvalue weighted by molar-refractivity contribution is 0.101. The van der Waals surface area contributed by atoms with Gasteiger partial charge in [0, 0.05) is 23.5 Å². The lowest BCUT2D eigenvalue weighted by Crippen LogP contribution is -2.18. The average molecular weight is 491 g/mol. The molecule has 0 unspecified atom stereocenters. The molecule has 2 aromatic rings. The van der Waals surface area contributed by atoms with Crippen molar-refractivity contribution >= 4 is 17.1 Å². The van der Waals surface area contributed by atoms with Crippen molar-refractivity contribution < 1.29 is 4.79 Å². The molecular formula is C33H50N2O. The van der Waals surface area contributed by atoms with Gasteiger partial charge in [-0.2, -0.15) is 0 Å². The van der Waals surface area contributed by atoms with Crippen LogP contribution in [0, 0.1) is 6.92 Å². The molecule has 0 spiro atoms. The van der Waals surface area contributed by atoms with Gasteiger partial charge in [0.15, 0.2) is 5.78 Å². The third kappa shape index (κ3) is 16.8. The number of aliphatic imine (C=N–C) groups is 1. The standard InChI is InChI=1S/C14H17N.C12H16O.C7H17N/c1-11(2)15-10-9-13(4)14-7-5-12(3)6-8-14;1-3-4-5-11-6-8-12(9-7-11)10(2)13;1-3-5-7(8)6-4-2/h5-10H,4H2,1-3H3;6-9H,3-5H2,1-2H3;7H,3-6,8H2,1-2H3/b10-9-;;. The van der Waals surface area contributed by atoms with Crippen LogP contribution in [-0.4, -0.2) is 17.5 Å². The molecule has 2 N–H and O–H groups in total. The topological polar surface area (TPSA) is 55.4 Å². The minimum absolute atomic E-state index is 0.141. The predicted molar refractivity (Wildman–Crippen MR) is 161 cm³/mol. The van der Waals surface area contributed by atoms with Crippen molar-refractivity contribution in [2.24, 2.45) is 10.7 Å². The zero-order chi connectivity index (χ0) is 27.3. The molecule has 0 fully saturated rings. The van der Waals surface area contributed by atoms with Crippen LogP contribution in [0.1, 0.15) is 107 Å². The predicted octanol–water partition coefficient (Wildman–Crippen LogP) is 9.15. The summed E-state index contributed by atoms with van der Waals surface area (Å²) in [5, 5.41) is 0. The van der Waals surface area contributed by atoms with Crippen molar-refractivity contribution in [1.29, 1.82) is 0 Å². The number of benzene rings is 2. The Bertz CT molecular complexity index is 911. The van der Waals surface area contributed by atoms with E-state index in [1.807, 2.05) is 44.2 Å². The molecule has 0 saturated heterocycles. The van der Waals surface area contributed by atoms with Gasteiger partial charge in [0.1, 0.15) is 0 Å². The molecule has 3 nitrogen and oxygen atoms in total. The Balaban J connectivity index is 0.000000535. The van der Waals surface area contributed by atoms with Gasteiger partial charge in [-0.1, -0.05) is 101 Å². The highest BCUT2D eigenvalue weighted by Gasteiger charge is 1.98. The van der Waals surface area contributed by atoms with Gasteiger partial charge in [-0.25, -0.2) is 0 Å². The van der Waals surface area contributed by atoms with Gasteiger partial charge >= 0.3 is 0 Å². The second-order valence-corrected chi connectivity index (χ2v) is 9.48. The number of Topliss-reactive ketones (excluding diaryl/α,β-unsaturated/α-hetero) is 1.